The maximum Gasteiger partial charge on any atom is 0.573 e. The summed E-state index contributed by atoms with van der Waals surface area (Å²) in [4.78, 5) is 10.9. The minimum absolute atomic E-state index is 0.146. The van der Waals surface area contributed by atoms with E-state index >= 15 is 0 Å². The summed E-state index contributed by atoms with van der Waals surface area (Å²) in [5, 5.41) is 2.01. The van der Waals surface area contributed by atoms with Crippen LogP contribution in [-0.4, -0.2) is 12.6 Å². The van der Waals surface area contributed by atoms with Crippen LogP contribution >= 0.6 is 0 Å². The maximum atomic E-state index is 12.5. The largest absolute Gasteiger partial charge is 0.573 e. The summed E-state index contributed by atoms with van der Waals surface area (Å²) in [6, 6.07) is 17.4. The molecule has 3 rings (SSSR count). The second-order valence-corrected chi connectivity index (χ2v) is 4.98. The summed E-state index contributed by atoms with van der Waals surface area (Å²) in [6.07, 6.45) is -4.51. The third-order valence-corrected chi connectivity index (χ3v) is 3.45. The SMILES string of the molecule is O=Cc1ccc(-c2ccc3ccccc3c2)cc1OC(F)(F)F. The highest BCUT2D eigenvalue weighted by molar-refractivity contribution is 5.88. The van der Waals surface area contributed by atoms with Gasteiger partial charge < -0.3 is 4.74 Å². The highest BCUT2D eigenvalue weighted by Gasteiger charge is 2.32. The molecule has 5 heteroatoms. The standard InChI is InChI=1S/C18H11F3O2/c19-18(20,21)23-17-10-15(7-8-16(17)11-22)14-6-5-12-3-1-2-4-13(12)9-14/h1-11H. The fourth-order valence-electron chi connectivity index (χ4n) is 2.39. The van der Waals surface area contributed by atoms with Crippen molar-refractivity contribution in [1.29, 1.82) is 0 Å². The number of carbonyl (C=O) groups excluding carboxylic acids is 1. The minimum Gasteiger partial charge on any atom is -0.405 e. The molecule has 0 aliphatic carbocycles. The number of hydrogen-bond acceptors (Lipinski definition) is 2. The highest BCUT2D eigenvalue weighted by Crippen LogP contribution is 2.32. The van der Waals surface area contributed by atoms with Crippen molar-refractivity contribution in [3.05, 3.63) is 66.2 Å². The Morgan fingerprint density at radius 2 is 1.48 bits per heavy atom. The number of halogens is 3. The second kappa shape index (κ2) is 5.76. The summed E-state index contributed by atoms with van der Waals surface area (Å²) >= 11 is 0. The molecule has 0 spiro atoms. The van der Waals surface area contributed by atoms with Crippen LogP contribution in [0.2, 0.25) is 0 Å². The summed E-state index contributed by atoms with van der Waals surface area (Å²) in [5.41, 5.74) is 1.14. The molecule has 0 aliphatic heterocycles. The van der Waals surface area contributed by atoms with Gasteiger partial charge in [0.05, 0.1) is 5.56 Å². The Balaban J connectivity index is 2.07. The van der Waals surface area contributed by atoms with E-state index in [1.807, 2.05) is 42.5 Å². The smallest absolute Gasteiger partial charge is 0.405 e. The number of hydrogen-bond donors (Lipinski definition) is 0. The predicted octanol–water partition coefficient (Wildman–Crippen LogP) is 5.22. The van der Waals surface area contributed by atoms with E-state index in [0.29, 0.717) is 11.8 Å². The normalized spacial score (nSPS) is 11.4. The van der Waals surface area contributed by atoms with Crippen LogP contribution in [-0.2, 0) is 0 Å². The predicted molar refractivity (Wildman–Crippen MR) is 81.5 cm³/mol. The number of rotatable bonds is 3. The molecular formula is C18H11F3O2. The molecule has 0 heterocycles. The number of ether oxygens (including phenoxy) is 1. The van der Waals surface area contributed by atoms with Crippen molar-refractivity contribution in [3.63, 3.8) is 0 Å². The lowest BCUT2D eigenvalue weighted by Crippen LogP contribution is -2.18. The Morgan fingerprint density at radius 1 is 0.826 bits per heavy atom. The molecular weight excluding hydrogens is 305 g/mol. The number of aldehydes is 1. The number of benzene rings is 3. The Morgan fingerprint density at radius 3 is 2.17 bits per heavy atom. The van der Waals surface area contributed by atoms with E-state index in [1.54, 1.807) is 6.07 Å². The summed E-state index contributed by atoms with van der Waals surface area (Å²) in [5.74, 6) is -0.502. The third-order valence-electron chi connectivity index (χ3n) is 3.45. The molecule has 0 radical (unpaired) electrons. The van der Waals surface area contributed by atoms with Gasteiger partial charge in [-0.15, -0.1) is 13.2 Å². The van der Waals surface area contributed by atoms with Crippen LogP contribution in [0.3, 0.4) is 0 Å². The van der Waals surface area contributed by atoms with Crippen LogP contribution in [0, 0.1) is 0 Å². The molecule has 2 nitrogen and oxygen atoms in total. The first-order valence-electron chi connectivity index (χ1n) is 6.80. The van der Waals surface area contributed by atoms with Crippen molar-refractivity contribution in [2.75, 3.05) is 0 Å². The van der Waals surface area contributed by atoms with Crippen molar-refractivity contribution in [3.8, 4) is 16.9 Å². The summed E-state index contributed by atoms with van der Waals surface area (Å²) in [6.45, 7) is 0. The zero-order valence-corrected chi connectivity index (χ0v) is 11.8. The average molecular weight is 316 g/mol. The average Bonchev–Trinajstić information content (AvgIpc) is 2.53. The van der Waals surface area contributed by atoms with E-state index in [1.165, 1.54) is 12.1 Å². The zero-order valence-electron chi connectivity index (χ0n) is 11.8. The Labute approximate surface area is 130 Å². The second-order valence-electron chi connectivity index (χ2n) is 4.98. The topological polar surface area (TPSA) is 26.3 Å². The lowest BCUT2D eigenvalue weighted by Gasteiger charge is -2.12. The van der Waals surface area contributed by atoms with Gasteiger partial charge in [0.15, 0.2) is 6.29 Å². The van der Waals surface area contributed by atoms with E-state index in [9.17, 15) is 18.0 Å². The molecule has 3 aromatic carbocycles. The van der Waals surface area contributed by atoms with Crippen molar-refractivity contribution < 1.29 is 22.7 Å². The summed E-state index contributed by atoms with van der Waals surface area (Å²) in [7, 11) is 0. The van der Waals surface area contributed by atoms with E-state index in [2.05, 4.69) is 4.74 Å². The lowest BCUT2D eigenvalue weighted by atomic mass is 10.00. The molecule has 3 aromatic rings. The molecule has 0 aromatic heterocycles. The van der Waals surface area contributed by atoms with Gasteiger partial charge in [-0.2, -0.15) is 0 Å². The number of fused-ring (bicyclic) bond motifs is 1. The van der Waals surface area contributed by atoms with Crippen molar-refractivity contribution >= 4 is 17.1 Å². The molecule has 0 saturated carbocycles. The van der Waals surface area contributed by atoms with Gasteiger partial charge in [0, 0.05) is 0 Å². The minimum atomic E-state index is -4.85. The third kappa shape index (κ3) is 3.34. The van der Waals surface area contributed by atoms with Gasteiger partial charge in [-0.05, 0) is 40.1 Å². The van der Waals surface area contributed by atoms with Gasteiger partial charge in [-0.25, -0.2) is 0 Å². The van der Waals surface area contributed by atoms with Gasteiger partial charge in [-0.3, -0.25) is 4.79 Å². The van der Waals surface area contributed by atoms with Crippen molar-refractivity contribution in [2.45, 2.75) is 6.36 Å². The fourth-order valence-corrected chi connectivity index (χ4v) is 2.39. The molecule has 0 atom stereocenters. The fraction of sp³-hybridized carbons (Fsp3) is 0.0556. The van der Waals surface area contributed by atoms with Crippen molar-refractivity contribution in [2.24, 2.45) is 0 Å². The van der Waals surface area contributed by atoms with Crippen LogP contribution in [0.25, 0.3) is 21.9 Å². The first-order valence-corrected chi connectivity index (χ1v) is 6.80. The highest BCUT2D eigenvalue weighted by atomic mass is 19.4. The molecule has 0 bridgehead atoms. The molecule has 0 saturated heterocycles. The number of alkyl halides is 3. The molecule has 0 aliphatic rings. The molecule has 0 unspecified atom stereocenters. The van der Waals surface area contributed by atoms with E-state index < -0.39 is 12.1 Å². The van der Waals surface area contributed by atoms with Gasteiger partial charge in [0.1, 0.15) is 5.75 Å². The first kappa shape index (κ1) is 15.1. The molecule has 23 heavy (non-hydrogen) atoms. The van der Waals surface area contributed by atoms with Crippen LogP contribution in [0.4, 0.5) is 13.2 Å². The zero-order chi connectivity index (χ0) is 16.4. The molecule has 0 N–H and O–H groups in total. The van der Waals surface area contributed by atoms with Crippen LogP contribution in [0.15, 0.2) is 60.7 Å². The van der Waals surface area contributed by atoms with Crippen LogP contribution in [0.1, 0.15) is 10.4 Å². The lowest BCUT2D eigenvalue weighted by molar-refractivity contribution is -0.274. The van der Waals surface area contributed by atoms with Gasteiger partial charge >= 0.3 is 6.36 Å². The first-order chi connectivity index (χ1) is 11.0. The maximum absolute atomic E-state index is 12.5. The molecule has 0 amide bonds. The molecule has 0 fully saturated rings. The van der Waals surface area contributed by atoms with E-state index in [4.69, 9.17) is 0 Å². The monoisotopic (exact) mass is 316 g/mol. The van der Waals surface area contributed by atoms with Crippen LogP contribution < -0.4 is 4.74 Å². The van der Waals surface area contributed by atoms with Gasteiger partial charge in [0.2, 0.25) is 0 Å². The number of carbonyl (C=O) groups is 1. The summed E-state index contributed by atoms with van der Waals surface area (Å²) < 4.78 is 41.3. The molecule has 116 valence electrons. The van der Waals surface area contributed by atoms with Crippen LogP contribution in [0.5, 0.6) is 5.75 Å². The Bertz CT molecular complexity index is 870. The van der Waals surface area contributed by atoms with Gasteiger partial charge in [-0.1, -0.05) is 42.5 Å². The van der Waals surface area contributed by atoms with E-state index in [0.717, 1.165) is 16.3 Å². The van der Waals surface area contributed by atoms with Gasteiger partial charge in [0.25, 0.3) is 0 Å². The Hall–Kier alpha value is -2.82. The van der Waals surface area contributed by atoms with Crippen molar-refractivity contribution in [1.82, 2.24) is 0 Å². The quantitative estimate of drug-likeness (QED) is 0.619. The van der Waals surface area contributed by atoms with E-state index in [-0.39, 0.29) is 5.56 Å². The Kier molecular flexibility index (Phi) is 3.78.